The Bertz CT molecular complexity index is 664. The van der Waals surface area contributed by atoms with Crippen molar-refractivity contribution >= 4 is 16.9 Å². The van der Waals surface area contributed by atoms with Crippen molar-refractivity contribution in [3.05, 3.63) is 30.1 Å². The first kappa shape index (κ1) is 15.0. The molecule has 1 aliphatic heterocycles. The second kappa shape index (κ2) is 6.48. The number of carbonyl (C=O) groups excluding carboxylic acids is 1. The van der Waals surface area contributed by atoms with Gasteiger partial charge in [0.15, 0.2) is 0 Å². The van der Waals surface area contributed by atoms with Crippen LogP contribution in [0, 0.1) is 5.92 Å². The first-order valence-electron chi connectivity index (χ1n) is 8.11. The van der Waals surface area contributed by atoms with Crippen molar-refractivity contribution in [1.82, 2.24) is 19.8 Å². The Labute approximate surface area is 131 Å². The lowest BCUT2D eigenvalue weighted by molar-refractivity contribution is -0.126. The molecule has 1 aromatic carbocycles. The quantitative estimate of drug-likeness (QED) is 0.940. The Morgan fingerprint density at radius 3 is 3.00 bits per heavy atom. The molecule has 1 aliphatic rings. The highest BCUT2D eigenvalue weighted by molar-refractivity contribution is 5.78. The summed E-state index contributed by atoms with van der Waals surface area (Å²) in [6, 6.07) is 8.28. The predicted octanol–water partition coefficient (Wildman–Crippen LogP) is 2.01. The van der Waals surface area contributed by atoms with Crippen LogP contribution in [0.2, 0.25) is 0 Å². The monoisotopic (exact) mass is 300 g/mol. The average molecular weight is 300 g/mol. The topological polar surface area (TPSA) is 50.2 Å². The Hall–Kier alpha value is -1.88. The number of hydrogen-bond acceptors (Lipinski definition) is 3. The molecule has 2 heterocycles. The SMILES string of the molecule is CCn1c(CN2CCC[C@H](C(=O)NC)C2)nc2ccccc21. The van der Waals surface area contributed by atoms with E-state index in [0.717, 1.165) is 50.4 Å². The van der Waals surface area contributed by atoms with Crippen molar-refractivity contribution in [2.75, 3.05) is 20.1 Å². The van der Waals surface area contributed by atoms with Gasteiger partial charge in [-0.05, 0) is 38.4 Å². The van der Waals surface area contributed by atoms with Crippen molar-refractivity contribution in [2.45, 2.75) is 32.9 Å². The van der Waals surface area contributed by atoms with Gasteiger partial charge in [0.1, 0.15) is 5.82 Å². The van der Waals surface area contributed by atoms with Crippen LogP contribution in [0.4, 0.5) is 0 Å². The molecule has 0 spiro atoms. The van der Waals surface area contributed by atoms with E-state index in [9.17, 15) is 4.79 Å². The molecule has 1 atom stereocenters. The van der Waals surface area contributed by atoms with Gasteiger partial charge in [-0.25, -0.2) is 4.98 Å². The molecule has 1 N–H and O–H groups in total. The molecule has 118 valence electrons. The lowest BCUT2D eigenvalue weighted by Gasteiger charge is -2.31. The van der Waals surface area contributed by atoms with Crippen LogP contribution >= 0.6 is 0 Å². The fourth-order valence-electron chi connectivity index (χ4n) is 3.42. The largest absolute Gasteiger partial charge is 0.359 e. The van der Waals surface area contributed by atoms with Crippen LogP contribution in [0.3, 0.4) is 0 Å². The van der Waals surface area contributed by atoms with E-state index in [4.69, 9.17) is 4.98 Å². The molecule has 0 unspecified atom stereocenters. The lowest BCUT2D eigenvalue weighted by atomic mass is 9.97. The maximum Gasteiger partial charge on any atom is 0.224 e. The molecule has 0 aliphatic carbocycles. The molecule has 5 heteroatoms. The number of likely N-dealkylation sites (tertiary alicyclic amines) is 1. The summed E-state index contributed by atoms with van der Waals surface area (Å²) < 4.78 is 2.28. The molecular formula is C17H24N4O. The number of carbonyl (C=O) groups is 1. The Morgan fingerprint density at radius 2 is 2.23 bits per heavy atom. The van der Waals surface area contributed by atoms with Crippen molar-refractivity contribution < 1.29 is 4.79 Å². The van der Waals surface area contributed by atoms with Crippen LogP contribution < -0.4 is 5.32 Å². The standard InChI is InChI=1S/C17H24N4O/c1-3-21-15-9-5-4-8-14(15)19-16(21)12-20-10-6-7-13(11-20)17(22)18-2/h4-5,8-9,13H,3,6-7,10-12H2,1-2H3,(H,18,22)/t13-/m0/s1. The first-order valence-corrected chi connectivity index (χ1v) is 8.11. The summed E-state index contributed by atoms with van der Waals surface area (Å²) in [4.78, 5) is 19.0. The third kappa shape index (κ3) is 2.86. The van der Waals surface area contributed by atoms with E-state index in [-0.39, 0.29) is 11.8 Å². The number of para-hydroxylation sites is 2. The number of amides is 1. The number of aromatic nitrogens is 2. The van der Waals surface area contributed by atoms with E-state index in [2.05, 4.69) is 39.9 Å². The molecule has 0 bridgehead atoms. The van der Waals surface area contributed by atoms with E-state index in [1.165, 1.54) is 5.52 Å². The predicted molar refractivity (Wildman–Crippen MR) is 87.5 cm³/mol. The first-order chi connectivity index (χ1) is 10.7. The van der Waals surface area contributed by atoms with Gasteiger partial charge >= 0.3 is 0 Å². The minimum absolute atomic E-state index is 0.109. The number of piperidine rings is 1. The molecule has 0 radical (unpaired) electrons. The van der Waals surface area contributed by atoms with E-state index >= 15 is 0 Å². The number of nitrogens with one attached hydrogen (secondary N) is 1. The van der Waals surface area contributed by atoms with Crippen LogP contribution in [0.5, 0.6) is 0 Å². The van der Waals surface area contributed by atoms with Gasteiger partial charge in [0.05, 0.1) is 23.5 Å². The highest BCUT2D eigenvalue weighted by atomic mass is 16.1. The molecule has 3 rings (SSSR count). The Morgan fingerprint density at radius 1 is 1.41 bits per heavy atom. The van der Waals surface area contributed by atoms with Crippen molar-refractivity contribution in [1.29, 1.82) is 0 Å². The van der Waals surface area contributed by atoms with Crippen LogP contribution in [0.25, 0.3) is 11.0 Å². The molecule has 1 aromatic heterocycles. The smallest absolute Gasteiger partial charge is 0.224 e. The molecule has 0 saturated carbocycles. The van der Waals surface area contributed by atoms with Gasteiger partial charge < -0.3 is 9.88 Å². The number of benzene rings is 1. The maximum atomic E-state index is 11.9. The van der Waals surface area contributed by atoms with Crippen molar-refractivity contribution in [3.8, 4) is 0 Å². The summed E-state index contributed by atoms with van der Waals surface area (Å²) in [7, 11) is 1.72. The zero-order chi connectivity index (χ0) is 15.5. The third-order valence-corrected chi connectivity index (χ3v) is 4.54. The number of aryl methyl sites for hydroxylation is 1. The fourth-order valence-corrected chi connectivity index (χ4v) is 3.42. The second-order valence-electron chi connectivity index (χ2n) is 5.95. The van der Waals surface area contributed by atoms with Crippen molar-refractivity contribution in [2.24, 2.45) is 5.92 Å². The highest BCUT2D eigenvalue weighted by Gasteiger charge is 2.26. The van der Waals surface area contributed by atoms with Crippen LogP contribution in [-0.4, -0.2) is 40.5 Å². The van der Waals surface area contributed by atoms with Gasteiger partial charge in [0, 0.05) is 20.1 Å². The van der Waals surface area contributed by atoms with Gasteiger partial charge in [-0.15, -0.1) is 0 Å². The van der Waals surface area contributed by atoms with E-state index in [0.29, 0.717) is 0 Å². The number of imidazole rings is 1. The van der Waals surface area contributed by atoms with Gasteiger partial charge in [-0.1, -0.05) is 12.1 Å². The van der Waals surface area contributed by atoms with E-state index in [1.54, 1.807) is 7.05 Å². The summed E-state index contributed by atoms with van der Waals surface area (Å²) in [6.45, 7) is 5.76. The summed E-state index contributed by atoms with van der Waals surface area (Å²) in [5, 5.41) is 2.78. The fraction of sp³-hybridized carbons (Fsp3) is 0.529. The summed E-state index contributed by atoms with van der Waals surface area (Å²) in [5.74, 6) is 1.37. The minimum Gasteiger partial charge on any atom is -0.359 e. The molecule has 1 amide bonds. The molecule has 1 fully saturated rings. The zero-order valence-electron chi connectivity index (χ0n) is 13.4. The summed E-state index contributed by atoms with van der Waals surface area (Å²) in [6.07, 6.45) is 2.06. The number of nitrogens with zero attached hydrogens (tertiary/aromatic N) is 3. The second-order valence-corrected chi connectivity index (χ2v) is 5.95. The molecule has 22 heavy (non-hydrogen) atoms. The maximum absolute atomic E-state index is 11.9. The van der Waals surface area contributed by atoms with Crippen LogP contribution in [0.1, 0.15) is 25.6 Å². The van der Waals surface area contributed by atoms with Crippen LogP contribution in [0.15, 0.2) is 24.3 Å². The van der Waals surface area contributed by atoms with Crippen LogP contribution in [-0.2, 0) is 17.9 Å². The van der Waals surface area contributed by atoms with Gasteiger partial charge in [-0.2, -0.15) is 0 Å². The normalized spacial score (nSPS) is 19.5. The Balaban J connectivity index is 1.79. The van der Waals surface area contributed by atoms with E-state index < -0.39 is 0 Å². The number of rotatable bonds is 4. The Kier molecular flexibility index (Phi) is 4.43. The average Bonchev–Trinajstić information content (AvgIpc) is 2.91. The lowest BCUT2D eigenvalue weighted by Crippen LogP contribution is -2.42. The zero-order valence-corrected chi connectivity index (χ0v) is 13.4. The van der Waals surface area contributed by atoms with Gasteiger partial charge in [-0.3, -0.25) is 9.69 Å². The van der Waals surface area contributed by atoms with E-state index in [1.807, 2.05) is 6.07 Å². The third-order valence-electron chi connectivity index (χ3n) is 4.54. The summed E-state index contributed by atoms with van der Waals surface area (Å²) in [5.41, 5.74) is 2.25. The highest BCUT2D eigenvalue weighted by Crippen LogP contribution is 2.21. The number of fused-ring (bicyclic) bond motifs is 1. The van der Waals surface area contributed by atoms with Gasteiger partial charge in [0.25, 0.3) is 0 Å². The molecule has 5 nitrogen and oxygen atoms in total. The number of hydrogen-bond donors (Lipinski definition) is 1. The molecular weight excluding hydrogens is 276 g/mol. The summed E-state index contributed by atoms with van der Waals surface area (Å²) >= 11 is 0. The van der Waals surface area contributed by atoms with Crippen molar-refractivity contribution in [3.63, 3.8) is 0 Å². The molecule has 1 saturated heterocycles. The van der Waals surface area contributed by atoms with Gasteiger partial charge in [0.2, 0.25) is 5.91 Å². The molecule has 2 aromatic rings. The minimum atomic E-state index is 0.109.